The number of nitrogens with zero attached hydrogens (tertiary/aromatic N) is 2. The molecule has 2 heteroatoms. The molecule has 3 aromatic rings. The molecule has 0 N–H and O–H groups in total. The van der Waals surface area contributed by atoms with Crippen molar-refractivity contribution in [3.8, 4) is 0 Å². The highest BCUT2D eigenvalue weighted by Crippen LogP contribution is 2.43. The van der Waals surface area contributed by atoms with Gasteiger partial charge >= 0.3 is 0 Å². The van der Waals surface area contributed by atoms with Gasteiger partial charge in [0.1, 0.15) is 0 Å². The van der Waals surface area contributed by atoms with Crippen molar-refractivity contribution in [3.63, 3.8) is 0 Å². The molecule has 3 aromatic carbocycles. The second kappa shape index (κ2) is 13.4. The zero-order valence-corrected chi connectivity index (χ0v) is 27.0. The van der Waals surface area contributed by atoms with Crippen LogP contribution in [-0.2, 0) is 0 Å². The molecule has 2 heterocycles. The quantitative estimate of drug-likeness (QED) is 0.283. The molecule has 1 aliphatic carbocycles. The van der Waals surface area contributed by atoms with E-state index in [0.29, 0.717) is 6.04 Å². The van der Waals surface area contributed by atoms with Crippen molar-refractivity contribution in [2.45, 2.75) is 58.7 Å². The highest BCUT2D eigenvalue weighted by Gasteiger charge is 2.28. The van der Waals surface area contributed by atoms with Crippen LogP contribution >= 0.6 is 0 Å². The molecule has 2 aliphatic heterocycles. The molecule has 0 radical (unpaired) electrons. The number of fused-ring (bicyclic) bond motifs is 3. The molecule has 0 fully saturated rings. The predicted molar refractivity (Wildman–Crippen MR) is 195 cm³/mol. The smallest absolute Gasteiger partial charge is 0.0718 e. The van der Waals surface area contributed by atoms with Crippen molar-refractivity contribution in [2.75, 3.05) is 4.90 Å². The maximum Gasteiger partial charge on any atom is 0.0718 e. The summed E-state index contributed by atoms with van der Waals surface area (Å²) >= 11 is 0. The molecule has 45 heavy (non-hydrogen) atoms. The van der Waals surface area contributed by atoms with Gasteiger partial charge in [0.25, 0.3) is 0 Å². The Balaban J connectivity index is 1.38. The van der Waals surface area contributed by atoms with E-state index in [2.05, 4.69) is 184 Å². The lowest BCUT2D eigenvalue weighted by Gasteiger charge is -2.36. The average molecular weight is 589 g/mol. The number of benzene rings is 3. The van der Waals surface area contributed by atoms with Crippen LogP contribution in [0, 0.1) is 0 Å². The molecule has 0 amide bonds. The van der Waals surface area contributed by atoms with Gasteiger partial charge in [-0.05, 0) is 115 Å². The number of hydrogen-bond donors (Lipinski definition) is 0. The van der Waals surface area contributed by atoms with E-state index in [0.717, 1.165) is 18.4 Å². The van der Waals surface area contributed by atoms with Crippen LogP contribution < -0.4 is 4.90 Å². The predicted octanol–water partition coefficient (Wildman–Crippen LogP) is 11.1. The fourth-order valence-electron chi connectivity index (χ4n) is 6.93. The van der Waals surface area contributed by atoms with E-state index < -0.39 is 0 Å². The number of para-hydroxylation sites is 1. The van der Waals surface area contributed by atoms with E-state index in [4.69, 9.17) is 0 Å². The third-order valence-corrected chi connectivity index (χ3v) is 9.30. The molecule has 0 aromatic heterocycles. The summed E-state index contributed by atoms with van der Waals surface area (Å²) in [5, 5.41) is 0. The van der Waals surface area contributed by atoms with E-state index in [1.54, 1.807) is 0 Å². The van der Waals surface area contributed by atoms with Crippen LogP contribution in [0.2, 0.25) is 0 Å². The van der Waals surface area contributed by atoms with Crippen LogP contribution in [0.1, 0.15) is 57.2 Å². The molecule has 3 atom stereocenters. The first-order valence-electron chi connectivity index (χ1n) is 16.3. The van der Waals surface area contributed by atoms with E-state index >= 15 is 0 Å². The zero-order valence-electron chi connectivity index (χ0n) is 27.0. The minimum atomic E-state index is 0.172. The summed E-state index contributed by atoms with van der Waals surface area (Å²) < 4.78 is 0. The molecule has 3 unspecified atom stereocenters. The Labute approximate surface area is 270 Å². The fourth-order valence-corrected chi connectivity index (χ4v) is 6.93. The van der Waals surface area contributed by atoms with Crippen LogP contribution in [-0.4, -0.2) is 23.0 Å². The van der Waals surface area contributed by atoms with Crippen molar-refractivity contribution in [3.05, 3.63) is 174 Å². The highest BCUT2D eigenvalue weighted by molar-refractivity contribution is 5.93. The Morgan fingerprint density at radius 2 is 1.73 bits per heavy atom. The minimum absolute atomic E-state index is 0.172. The van der Waals surface area contributed by atoms with Crippen LogP contribution in [0.4, 0.5) is 11.4 Å². The highest BCUT2D eigenvalue weighted by atomic mass is 15.2. The van der Waals surface area contributed by atoms with E-state index in [-0.39, 0.29) is 12.1 Å². The summed E-state index contributed by atoms with van der Waals surface area (Å²) in [6, 6.07) is 29.1. The Hall–Kier alpha value is -4.82. The van der Waals surface area contributed by atoms with Crippen LogP contribution in [0.25, 0.3) is 16.7 Å². The van der Waals surface area contributed by atoms with Gasteiger partial charge in [-0.15, -0.1) is 0 Å². The monoisotopic (exact) mass is 588 g/mol. The van der Waals surface area contributed by atoms with Crippen LogP contribution in [0.5, 0.6) is 0 Å². The number of allylic oxidation sites excluding steroid dienone is 10. The van der Waals surface area contributed by atoms with Crippen molar-refractivity contribution in [2.24, 2.45) is 0 Å². The summed E-state index contributed by atoms with van der Waals surface area (Å²) in [5.41, 5.74) is 12.4. The van der Waals surface area contributed by atoms with Gasteiger partial charge < -0.3 is 9.80 Å². The van der Waals surface area contributed by atoms with Crippen molar-refractivity contribution in [1.29, 1.82) is 0 Å². The number of rotatable bonds is 6. The van der Waals surface area contributed by atoms with Crippen LogP contribution in [0.3, 0.4) is 0 Å². The topological polar surface area (TPSA) is 6.48 Å². The summed E-state index contributed by atoms with van der Waals surface area (Å²) in [6.45, 7) is 13.7. The summed E-state index contributed by atoms with van der Waals surface area (Å²) in [6.07, 6.45) is 24.6. The van der Waals surface area contributed by atoms with Crippen molar-refractivity contribution < 1.29 is 0 Å². The molecular weight excluding hydrogens is 544 g/mol. The number of anilines is 2. The SMILES string of the molecule is C=C1/C(c2ccc3c(c2)C2=CC(C=CC=C2)N3c2ccccc2)=C\C=C/N(C(C)/C=C(\CC)c2ccccc2)C(C)C/C1=C\C. The molecule has 0 spiro atoms. The van der Waals surface area contributed by atoms with Gasteiger partial charge in [-0.25, -0.2) is 0 Å². The standard InChI is InChI=1S/C43H44N2/c1-6-34-27-31(3)44(32(4)28-35(7-2)36-17-10-8-11-18-36)26-16-23-41(33(34)5)38-24-25-43-42(30-38)37-19-14-15-22-40(29-37)45(43)39-20-12-9-13-21-39/h6,8-26,28-32,40H,5,7,27H2,1-4H3/b26-16-,34-6+,35-28+,41-23+. The maximum absolute atomic E-state index is 4.68. The minimum Gasteiger partial charge on any atom is -0.368 e. The van der Waals surface area contributed by atoms with Crippen molar-refractivity contribution >= 4 is 28.1 Å². The largest absolute Gasteiger partial charge is 0.368 e. The van der Waals surface area contributed by atoms with E-state index in [1.165, 1.54) is 50.4 Å². The first kappa shape index (κ1) is 30.2. The molecule has 0 saturated heterocycles. The average Bonchev–Trinajstić information content (AvgIpc) is 3.26. The molecule has 226 valence electrons. The van der Waals surface area contributed by atoms with Gasteiger partial charge in [-0.2, -0.15) is 0 Å². The zero-order chi connectivity index (χ0) is 31.3. The van der Waals surface area contributed by atoms with Gasteiger partial charge in [0.05, 0.1) is 6.04 Å². The molecule has 0 saturated carbocycles. The Bertz CT molecular complexity index is 1760. The lowest BCUT2D eigenvalue weighted by atomic mass is 9.86. The summed E-state index contributed by atoms with van der Waals surface area (Å²) in [5.74, 6) is 0. The fraction of sp³-hybridized carbons (Fsp3) is 0.209. The normalized spacial score (nSPS) is 23.2. The second-order valence-corrected chi connectivity index (χ2v) is 12.2. The van der Waals surface area contributed by atoms with Gasteiger partial charge in [-0.3, -0.25) is 0 Å². The molecule has 3 aliphatic rings. The van der Waals surface area contributed by atoms with Gasteiger partial charge in [0.15, 0.2) is 0 Å². The summed E-state index contributed by atoms with van der Waals surface area (Å²) in [7, 11) is 0. The second-order valence-electron chi connectivity index (χ2n) is 12.2. The summed E-state index contributed by atoms with van der Waals surface area (Å²) in [4.78, 5) is 4.93. The van der Waals surface area contributed by atoms with Gasteiger partial charge in [0, 0.05) is 29.0 Å². The van der Waals surface area contributed by atoms with Crippen molar-refractivity contribution in [1.82, 2.24) is 4.90 Å². The number of hydrogen-bond acceptors (Lipinski definition) is 2. The molecule has 6 rings (SSSR count). The lowest BCUT2D eigenvalue weighted by molar-refractivity contribution is 0.260. The Morgan fingerprint density at radius 1 is 0.978 bits per heavy atom. The lowest BCUT2D eigenvalue weighted by Crippen LogP contribution is -2.35. The van der Waals surface area contributed by atoms with Crippen LogP contribution in [0.15, 0.2) is 157 Å². The third kappa shape index (κ3) is 6.24. The first-order valence-corrected chi connectivity index (χ1v) is 16.3. The van der Waals surface area contributed by atoms with E-state index in [9.17, 15) is 0 Å². The molecule has 2 nitrogen and oxygen atoms in total. The third-order valence-electron chi connectivity index (χ3n) is 9.30. The Kier molecular flexibility index (Phi) is 9.03. The van der Waals surface area contributed by atoms with Gasteiger partial charge in [-0.1, -0.05) is 111 Å². The molecular formula is C43H44N2. The Morgan fingerprint density at radius 3 is 2.47 bits per heavy atom. The molecule has 2 bridgehead atoms. The van der Waals surface area contributed by atoms with E-state index in [1.807, 2.05) is 0 Å². The maximum atomic E-state index is 4.68. The van der Waals surface area contributed by atoms with Gasteiger partial charge in [0.2, 0.25) is 0 Å². The first-order chi connectivity index (χ1) is 22.0.